The fraction of sp³-hybridized carbons (Fsp3) is 0.125. The van der Waals surface area contributed by atoms with Crippen molar-refractivity contribution in [3.63, 3.8) is 0 Å². The van der Waals surface area contributed by atoms with Gasteiger partial charge >= 0.3 is 6.03 Å². The molecule has 1 aliphatic rings. The first-order valence-electron chi connectivity index (χ1n) is 10.1. The zero-order valence-corrected chi connectivity index (χ0v) is 19.1. The van der Waals surface area contributed by atoms with Gasteiger partial charge in [0, 0.05) is 5.02 Å². The molecule has 2 amide bonds. The predicted octanol–water partition coefficient (Wildman–Crippen LogP) is 4.50. The van der Waals surface area contributed by atoms with Gasteiger partial charge in [-0.05, 0) is 54.4 Å². The molecular formula is C24H19ClN4O3S. The van der Waals surface area contributed by atoms with Crippen molar-refractivity contribution in [3.05, 3.63) is 101 Å². The number of carbonyl (C=O) groups excluding carboxylic acids is 1. The summed E-state index contributed by atoms with van der Waals surface area (Å²) < 4.78 is 27.5. The Labute approximate surface area is 197 Å². The van der Waals surface area contributed by atoms with E-state index in [0.717, 1.165) is 16.1 Å². The topological polar surface area (TPSA) is 103 Å². The summed E-state index contributed by atoms with van der Waals surface area (Å²) in [5, 5.41) is 15.1. The molecule has 0 radical (unpaired) electrons. The SMILES string of the molecule is CC1C(c2ccccc2)C(c2ccc(C#N)cc2)=NN1C(=O)NS(=O)(=O)c1ccc(Cl)cc1. The van der Waals surface area contributed by atoms with Crippen LogP contribution in [-0.2, 0) is 10.0 Å². The molecule has 0 saturated heterocycles. The maximum absolute atomic E-state index is 13.0. The molecular weight excluding hydrogens is 460 g/mol. The van der Waals surface area contributed by atoms with Crippen molar-refractivity contribution in [2.24, 2.45) is 5.10 Å². The number of hydrazone groups is 1. The van der Waals surface area contributed by atoms with Crippen molar-refractivity contribution in [2.45, 2.75) is 23.8 Å². The van der Waals surface area contributed by atoms with Gasteiger partial charge in [0.05, 0.1) is 34.2 Å². The smallest absolute Gasteiger partial charge is 0.246 e. The number of carbonyl (C=O) groups is 1. The van der Waals surface area contributed by atoms with E-state index in [1.54, 1.807) is 24.3 Å². The molecule has 0 bridgehead atoms. The first-order valence-corrected chi connectivity index (χ1v) is 11.9. The minimum atomic E-state index is -4.12. The highest BCUT2D eigenvalue weighted by atomic mass is 35.5. The van der Waals surface area contributed by atoms with Gasteiger partial charge in [-0.2, -0.15) is 10.4 Å². The lowest BCUT2D eigenvalue weighted by atomic mass is 9.85. The van der Waals surface area contributed by atoms with Gasteiger partial charge in [0.15, 0.2) is 0 Å². The first kappa shape index (κ1) is 22.5. The fourth-order valence-electron chi connectivity index (χ4n) is 3.75. The normalized spacial score (nSPS) is 17.8. The quantitative estimate of drug-likeness (QED) is 0.596. The summed E-state index contributed by atoms with van der Waals surface area (Å²) in [6.07, 6.45) is 0. The molecule has 3 aromatic carbocycles. The molecule has 2 unspecified atom stereocenters. The highest BCUT2D eigenvalue weighted by Crippen LogP contribution is 2.34. The first-order chi connectivity index (χ1) is 15.8. The number of hydrogen-bond acceptors (Lipinski definition) is 5. The van der Waals surface area contributed by atoms with E-state index in [0.29, 0.717) is 16.3 Å². The Kier molecular flexibility index (Phi) is 6.18. The molecule has 7 nitrogen and oxygen atoms in total. The van der Waals surface area contributed by atoms with E-state index in [2.05, 4.69) is 15.9 Å². The molecule has 9 heteroatoms. The van der Waals surface area contributed by atoms with Crippen LogP contribution in [0.25, 0.3) is 0 Å². The van der Waals surface area contributed by atoms with E-state index >= 15 is 0 Å². The average molecular weight is 479 g/mol. The minimum Gasteiger partial charge on any atom is -0.246 e. The van der Waals surface area contributed by atoms with Crippen LogP contribution in [0.3, 0.4) is 0 Å². The number of benzene rings is 3. The van der Waals surface area contributed by atoms with Crippen LogP contribution >= 0.6 is 11.6 Å². The van der Waals surface area contributed by atoms with Crippen molar-refractivity contribution in [1.29, 1.82) is 5.26 Å². The van der Waals surface area contributed by atoms with E-state index in [4.69, 9.17) is 16.9 Å². The zero-order chi connectivity index (χ0) is 23.6. The summed E-state index contributed by atoms with van der Waals surface area (Å²) in [6.45, 7) is 1.81. The molecule has 2 atom stereocenters. The number of nitrogens with one attached hydrogen (secondary N) is 1. The second-order valence-corrected chi connectivity index (χ2v) is 9.63. The van der Waals surface area contributed by atoms with Crippen molar-refractivity contribution >= 4 is 33.4 Å². The monoisotopic (exact) mass is 478 g/mol. The van der Waals surface area contributed by atoms with Crippen LogP contribution in [0.4, 0.5) is 4.79 Å². The molecule has 1 heterocycles. The second kappa shape index (κ2) is 9.06. The molecule has 0 saturated carbocycles. The maximum Gasteiger partial charge on any atom is 0.351 e. The molecule has 166 valence electrons. The van der Waals surface area contributed by atoms with E-state index in [1.807, 2.05) is 37.3 Å². The lowest BCUT2D eigenvalue weighted by Crippen LogP contribution is -2.43. The number of hydrogen-bond donors (Lipinski definition) is 1. The Balaban J connectivity index is 1.68. The standard InChI is InChI=1S/C24H19ClN4O3S/c1-16-22(18-5-3-2-4-6-18)23(19-9-7-17(15-26)8-10-19)27-29(16)24(30)28-33(31,32)21-13-11-20(25)12-14-21/h2-14,16,22H,1H3,(H,28,30). The van der Waals surface area contributed by atoms with E-state index < -0.39 is 22.1 Å². The second-order valence-electron chi connectivity index (χ2n) is 7.51. The van der Waals surface area contributed by atoms with Crippen molar-refractivity contribution in [1.82, 2.24) is 9.73 Å². The third kappa shape index (κ3) is 4.60. The van der Waals surface area contributed by atoms with Gasteiger partial charge < -0.3 is 0 Å². The van der Waals surface area contributed by atoms with Crippen molar-refractivity contribution in [3.8, 4) is 6.07 Å². The molecule has 1 aliphatic heterocycles. The average Bonchev–Trinajstić information content (AvgIpc) is 3.17. The molecule has 0 spiro atoms. The molecule has 33 heavy (non-hydrogen) atoms. The molecule has 0 aliphatic carbocycles. The van der Waals surface area contributed by atoms with E-state index in [-0.39, 0.29) is 10.8 Å². The summed E-state index contributed by atoms with van der Waals surface area (Å²) in [4.78, 5) is 12.9. The lowest BCUT2D eigenvalue weighted by Gasteiger charge is -2.23. The van der Waals surface area contributed by atoms with Gasteiger partial charge in [-0.3, -0.25) is 0 Å². The van der Waals surface area contributed by atoms with Gasteiger partial charge in [0.1, 0.15) is 0 Å². The van der Waals surface area contributed by atoms with Crippen LogP contribution < -0.4 is 4.72 Å². The number of rotatable bonds is 4. The van der Waals surface area contributed by atoms with Crippen LogP contribution in [0.15, 0.2) is 88.9 Å². The van der Waals surface area contributed by atoms with Crippen molar-refractivity contribution < 1.29 is 13.2 Å². The Morgan fingerprint density at radius 2 is 1.67 bits per heavy atom. The summed E-state index contributed by atoms with van der Waals surface area (Å²) >= 11 is 5.83. The summed E-state index contributed by atoms with van der Waals surface area (Å²) in [6, 6.07) is 22.7. The van der Waals surface area contributed by atoms with Crippen LogP contribution in [0.5, 0.6) is 0 Å². The summed E-state index contributed by atoms with van der Waals surface area (Å²) in [7, 11) is -4.12. The van der Waals surface area contributed by atoms with E-state index in [9.17, 15) is 13.2 Å². The van der Waals surface area contributed by atoms with Crippen LogP contribution in [-0.4, -0.2) is 31.2 Å². The third-order valence-corrected chi connectivity index (χ3v) is 6.99. The van der Waals surface area contributed by atoms with Gasteiger partial charge in [0.2, 0.25) is 0 Å². The maximum atomic E-state index is 13.0. The minimum absolute atomic E-state index is 0.0806. The van der Waals surface area contributed by atoms with Gasteiger partial charge in [0.25, 0.3) is 10.0 Å². The Bertz CT molecular complexity index is 1350. The molecule has 4 rings (SSSR count). The van der Waals surface area contributed by atoms with Gasteiger partial charge in [-0.15, -0.1) is 0 Å². The molecule has 0 fully saturated rings. The largest absolute Gasteiger partial charge is 0.351 e. The highest BCUT2D eigenvalue weighted by Gasteiger charge is 2.40. The van der Waals surface area contributed by atoms with Crippen LogP contribution in [0, 0.1) is 11.3 Å². The van der Waals surface area contributed by atoms with Crippen LogP contribution in [0.2, 0.25) is 5.02 Å². The molecule has 1 N–H and O–H groups in total. The number of amides is 2. The molecule has 0 aromatic heterocycles. The fourth-order valence-corrected chi connectivity index (χ4v) is 4.81. The Morgan fingerprint density at radius 1 is 1.03 bits per heavy atom. The number of nitrogens with zero attached hydrogens (tertiary/aromatic N) is 3. The number of nitriles is 1. The Morgan fingerprint density at radius 3 is 2.27 bits per heavy atom. The highest BCUT2D eigenvalue weighted by molar-refractivity contribution is 7.90. The summed E-state index contributed by atoms with van der Waals surface area (Å²) in [5.74, 6) is -0.289. The number of halogens is 1. The predicted molar refractivity (Wildman–Crippen MR) is 125 cm³/mol. The summed E-state index contributed by atoms with van der Waals surface area (Å²) in [5.41, 5.74) is 2.79. The van der Waals surface area contributed by atoms with Crippen molar-refractivity contribution in [2.75, 3.05) is 0 Å². The zero-order valence-electron chi connectivity index (χ0n) is 17.5. The van der Waals surface area contributed by atoms with Crippen LogP contribution in [0.1, 0.15) is 29.5 Å². The number of sulfonamides is 1. The van der Waals surface area contributed by atoms with E-state index in [1.165, 1.54) is 24.3 Å². The lowest BCUT2D eigenvalue weighted by molar-refractivity contribution is 0.193. The molecule has 3 aromatic rings. The third-order valence-electron chi connectivity index (χ3n) is 5.40. The Hall–Kier alpha value is -3.67. The van der Waals surface area contributed by atoms with Gasteiger partial charge in [-0.25, -0.2) is 22.9 Å². The van der Waals surface area contributed by atoms with Gasteiger partial charge in [-0.1, -0.05) is 54.1 Å². The number of urea groups is 1.